The van der Waals surface area contributed by atoms with E-state index in [9.17, 15) is 5.11 Å². The molecule has 1 fully saturated rings. The summed E-state index contributed by atoms with van der Waals surface area (Å²) in [5.41, 5.74) is 0. The van der Waals surface area contributed by atoms with Gasteiger partial charge < -0.3 is 9.63 Å². The van der Waals surface area contributed by atoms with Crippen LogP contribution < -0.4 is 0 Å². The molecule has 0 unspecified atom stereocenters. The molecule has 0 aromatic carbocycles. The highest BCUT2D eigenvalue weighted by atomic mass is 16.5. The van der Waals surface area contributed by atoms with Crippen LogP contribution in [0.3, 0.4) is 0 Å². The highest BCUT2D eigenvalue weighted by Gasteiger charge is 2.21. The average molecular weight is 211 g/mol. The smallest absolute Gasteiger partial charge is 0.240 e. The van der Waals surface area contributed by atoms with Gasteiger partial charge in [-0.15, -0.1) is 0 Å². The largest absolute Gasteiger partial charge is 0.392 e. The van der Waals surface area contributed by atoms with Crippen molar-refractivity contribution in [3.63, 3.8) is 0 Å². The van der Waals surface area contributed by atoms with Gasteiger partial charge in [0.2, 0.25) is 5.89 Å². The molecule has 2 heterocycles. The van der Waals surface area contributed by atoms with Crippen molar-refractivity contribution in [3.05, 3.63) is 11.7 Å². The summed E-state index contributed by atoms with van der Waals surface area (Å²) in [6.45, 7) is 4.37. The van der Waals surface area contributed by atoms with Crippen LogP contribution in [0.1, 0.15) is 31.5 Å². The molecule has 0 amide bonds. The Bertz CT molecular complexity index is 313. The Morgan fingerprint density at radius 1 is 1.60 bits per heavy atom. The maximum Gasteiger partial charge on any atom is 0.240 e. The first-order valence-electron chi connectivity index (χ1n) is 5.50. The Hall–Kier alpha value is -0.940. The lowest BCUT2D eigenvalue weighted by Gasteiger charge is -2.10. The minimum Gasteiger partial charge on any atom is -0.392 e. The second-order valence-electron chi connectivity index (χ2n) is 4.03. The fourth-order valence-electron chi connectivity index (χ4n) is 1.83. The zero-order chi connectivity index (χ0) is 10.7. The third kappa shape index (κ3) is 2.76. The number of rotatable bonds is 4. The summed E-state index contributed by atoms with van der Waals surface area (Å²) in [6, 6.07) is 0. The third-order valence-corrected chi connectivity index (χ3v) is 2.59. The summed E-state index contributed by atoms with van der Waals surface area (Å²) in [7, 11) is 0. The molecular formula is C10H17N3O2. The Balaban J connectivity index is 1.87. The SMILES string of the molecule is CCCc1noc(CN2CC[C@H](O)C2)n1. The van der Waals surface area contributed by atoms with Crippen molar-refractivity contribution in [1.29, 1.82) is 0 Å². The first-order chi connectivity index (χ1) is 7.28. The molecule has 15 heavy (non-hydrogen) atoms. The molecule has 1 N–H and O–H groups in total. The number of nitrogens with zero attached hydrogens (tertiary/aromatic N) is 3. The quantitative estimate of drug-likeness (QED) is 0.789. The van der Waals surface area contributed by atoms with E-state index in [1.54, 1.807) is 0 Å². The molecule has 1 aliphatic rings. The Labute approximate surface area is 89.1 Å². The lowest BCUT2D eigenvalue weighted by atomic mass is 10.3. The molecule has 84 valence electrons. The predicted octanol–water partition coefficient (Wildman–Crippen LogP) is 0.589. The summed E-state index contributed by atoms with van der Waals surface area (Å²) >= 11 is 0. The van der Waals surface area contributed by atoms with Crippen LogP contribution in [0, 0.1) is 0 Å². The van der Waals surface area contributed by atoms with E-state index in [2.05, 4.69) is 22.0 Å². The number of likely N-dealkylation sites (tertiary alicyclic amines) is 1. The lowest BCUT2D eigenvalue weighted by Crippen LogP contribution is -2.21. The fraction of sp³-hybridized carbons (Fsp3) is 0.800. The molecule has 1 aromatic heterocycles. The minimum atomic E-state index is -0.192. The zero-order valence-electron chi connectivity index (χ0n) is 9.02. The van der Waals surface area contributed by atoms with Crippen LogP contribution in [0.2, 0.25) is 0 Å². The average Bonchev–Trinajstić information content (AvgIpc) is 2.78. The lowest BCUT2D eigenvalue weighted by molar-refractivity contribution is 0.169. The van der Waals surface area contributed by atoms with E-state index in [1.165, 1.54) is 0 Å². The molecule has 5 heteroatoms. The highest BCUT2D eigenvalue weighted by Crippen LogP contribution is 2.12. The molecule has 0 spiro atoms. The van der Waals surface area contributed by atoms with Crippen molar-refractivity contribution in [2.24, 2.45) is 0 Å². The van der Waals surface area contributed by atoms with Crippen molar-refractivity contribution in [1.82, 2.24) is 15.0 Å². The van der Waals surface area contributed by atoms with Crippen molar-refractivity contribution in [2.75, 3.05) is 13.1 Å². The van der Waals surface area contributed by atoms with Crippen molar-refractivity contribution in [3.8, 4) is 0 Å². The molecule has 1 saturated heterocycles. The van der Waals surface area contributed by atoms with E-state index in [0.717, 1.165) is 31.6 Å². The first-order valence-corrected chi connectivity index (χ1v) is 5.50. The van der Waals surface area contributed by atoms with E-state index in [0.29, 0.717) is 19.0 Å². The molecule has 5 nitrogen and oxygen atoms in total. The zero-order valence-corrected chi connectivity index (χ0v) is 9.02. The molecule has 0 radical (unpaired) electrons. The second kappa shape index (κ2) is 4.72. The van der Waals surface area contributed by atoms with Gasteiger partial charge in [0.1, 0.15) is 0 Å². The number of hydrogen-bond donors (Lipinski definition) is 1. The van der Waals surface area contributed by atoms with Gasteiger partial charge in [-0.2, -0.15) is 4.98 Å². The molecule has 1 aliphatic heterocycles. The van der Waals surface area contributed by atoms with E-state index >= 15 is 0 Å². The topological polar surface area (TPSA) is 62.4 Å². The normalized spacial score (nSPS) is 22.4. The van der Waals surface area contributed by atoms with Crippen LogP contribution in [-0.4, -0.2) is 39.3 Å². The number of aryl methyl sites for hydroxylation is 1. The van der Waals surface area contributed by atoms with Gasteiger partial charge in [-0.1, -0.05) is 12.1 Å². The molecule has 1 aromatic rings. The first kappa shape index (κ1) is 10.6. The molecule has 1 atom stereocenters. The predicted molar refractivity (Wildman–Crippen MR) is 54.2 cm³/mol. The number of aromatic nitrogens is 2. The van der Waals surface area contributed by atoms with Gasteiger partial charge in [0.15, 0.2) is 5.82 Å². The summed E-state index contributed by atoms with van der Waals surface area (Å²) in [5, 5.41) is 13.3. The van der Waals surface area contributed by atoms with Crippen molar-refractivity contribution >= 4 is 0 Å². The van der Waals surface area contributed by atoms with Crippen LogP contribution >= 0.6 is 0 Å². The summed E-state index contributed by atoms with van der Waals surface area (Å²) < 4.78 is 5.13. The summed E-state index contributed by atoms with van der Waals surface area (Å²) in [6.07, 6.45) is 2.55. The highest BCUT2D eigenvalue weighted by molar-refractivity contribution is 4.87. The van der Waals surface area contributed by atoms with Gasteiger partial charge in [-0.3, -0.25) is 4.90 Å². The number of aliphatic hydroxyl groups excluding tert-OH is 1. The number of aliphatic hydroxyl groups is 1. The van der Waals surface area contributed by atoms with Gasteiger partial charge in [0, 0.05) is 19.5 Å². The third-order valence-electron chi connectivity index (χ3n) is 2.59. The molecule has 0 saturated carbocycles. The van der Waals surface area contributed by atoms with E-state index < -0.39 is 0 Å². The van der Waals surface area contributed by atoms with Gasteiger partial charge in [0.05, 0.1) is 12.6 Å². The number of hydrogen-bond acceptors (Lipinski definition) is 5. The molecule has 2 rings (SSSR count). The van der Waals surface area contributed by atoms with Crippen LogP contribution in [0.4, 0.5) is 0 Å². The van der Waals surface area contributed by atoms with Crippen molar-refractivity contribution < 1.29 is 9.63 Å². The summed E-state index contributed by atoms with van der Waals surface area (Å²) in [4.78, 5) is 6.42. The molecule has 0 bridgehead atoms. The van der Waals surface area contributed by atoms with Gasteiger partial charge in [-0.05, 0) is 12.8 Å². The minimum absolute atomic E-state index is 0.192. The molecule has 0 aliphatic carbocycles. The van der Waals surface area contributed by atoms with Crippen LogP contribution in [0.25, 0.3) is 0 Å². The molecular weight excluding hydrogens is 194 g/mol. The Morgan fingerprint density at radius 3 is 3.13 bits per heavy atom. The standard InChI is InChI=1S/C10H17N3O2/c1-2-3-9-11-10(15-12-9)7-13-5-4-8(14)6-13/h8,14H,2-7H2,1H3/t8-/m0/s1. The maximum absolute atomic E-state index is 9.36. The van der Waals surface area contributed by atoms with Crippen LogP contribution in [0.15, 0.2) is 4.52 Å². The van der Waals surface area contributed by atoms with Gasteiger partial charge >= 0.3 is 0 Å². The van der Waals surface area contributed by atoms with Gasteiger partial charge in [-0.25, -0.2) is 0 Å². The monoisotopic (exact) mass is 211 g/mol. The maximum atomic E-state index is 9.36. The Kier molecular flexibility index (Phi) is 3.33. The second-order valence-corrected chi connectivity index (χ2v) is 4.03. The summed E-state index contributed by atoms with van der Waals surface area (Å²) in [5.74, 6) is 1.44. The fourth-order valence-corrected chi connectivity index (χ4v) is 1.83. The van der Waals surface area contributed by atoms with Gasteiger partial charge in [0.25, 0.3) is 0 Å². The Morgan fingerprint density at radius 2 is 2.47 bits per heavy atom. The van der Waals surface area contributed by atoms with E-state index in [-0.39, 0.29) is 6.10 Å². The van der Waals surface area contributed by atoms with E-state index in [4.69, 9.17) is 4.52 Å². The van der Waals surface area contributed by atoms with E-state index in [1.807, 2.05) is 0 Å². The van der Waals surface area contributed by atoms with Crippen molar-refractivity contribution in [2.45, 2.75) is 38.8 Å². The van der Waals surface area contributed by atoms with Crippen LogP contribution in [0.5, 0.6) is 0 Å². The number of β-amino-alcohol motifs (C(OH)–C–C–N with tert-alkyl or cyclic N) is 1. The van der Waals surface area contributed by atoms with Crippen LogP contribution in [-0.2, 0) is 13.0 Å².